The van der Waals surface area contributed by atoms with E-state index in [1.54, 1.807) is 25.3 Å². The van der Waals surface area contributed by atoms with Crippen molar-refractivity contribution in [3.8, 4) is 0 Å². The Bertz CT molecular complexity index is 997. The number of benzene rings is 1. The lowest BCUT2D eigenvalue weighted by molar-refractivity contribution is -0.137. The van der Waals surface area contributed by atoms with Crippen molar-refractivity contribution in [2.75, 3.05) is 10.6 Å². The monoisotopic (exact) mass is 449 g/mol. The molecule has 1 fully saturated rings. The summed E-state index contributed by atoms with van der Waals surface area (Å²) in [4.78, 5) is 4.41. The third kappa shape index (κ3) is 7.12. The van der Waals surface area contributed by atoms with Gasteiger partial charge in [-0.1, -0.05) is 25.3 Å². The Morgan fingerprint density at radius 3 is 2.19 bits per heavy atom. The third-order valence-electron chi connectivity index (χ3n) is 4.79. The van der Waals surface area contributed by atoms with Gasteiger partial charge < -0.3 is 15.7 Å². The van der Waals surface area contributed by atoms with Gasteiger partial charge in [-0.2, -0.15) is 22.7 Å². The minimum atomic E-state index is -4.35. The smallest absolute Gasteiger partial charge is 0.391 e. The number of halogens is 3. The van der Waals surface area contributed by atoms with Crippen LogP contribution in [0, 0.1) is 0 Å². The molecule has 1 aliphatic rings. The number of pyridine rings is 1. The average molecular weight is 450 g/mol. The number of alkyl halides is 3. The summed E-state index contributed by atoms with van der Waals surface area (Å²) in [5.41, 5.74) is -0.0131. The van der Waals surface area contributed by atoms with Crippen LogP contribution in [-0.4, -0.2) is 31.3 Å². The van der Waals surface area contributed by atoms with Crippen LogP contribution in [0.1, 0.15) is 58.4 Å². The summed E-state index contributed by atoms with van der Waals surface area (Å²) in [5.74, 6) is 1.21. The highest BCUT2D eigenvalue weighted by Gasteiger charge is 2.30. The van der Waals surface area contributed by atoms with Gasteiger partial charge >= 0.3 is 6.18 Å². The first kappa shape index (κ1) is 23.8. The fourth-order valence-electron chi connectivity index (χ4n) is 3.40. The zero-order valence-electron chi connectivity index (χ0n) is 18.6. The molecule has 1 aromatic carbocycles. The summed E-state index contributed by atoms with van der Waals surface area (Å²) in [6, 6.07) is 11.0. The number of aromatic nitrogens is 3. The van der Waals surface area contributed by atoms with Crippen LogP contribution in [-0.2, 0) is 6.18 Å². The van der Waals surface area contributed by atoms with E-state index in [0.717, 1.165) is 30.8 Å². The largest absolute Gasteiger partial charge is 0.416 e. The summed E-state index contributed by atoms with van der Waals surface area (Å²) in [5, 5.41) is 19.5. The molecule has 0 aliphatic heterocycles. The summed E-state index contributed by atoms with van der Waals surface area (Å²) >= 11 is 0. The molecule has 0 unspecified atom stereocenters. The number of fused-ring (bicyclic) bond motifs is 1. The third-order valence-corrected chi connectivity index (χ3v) is 4.79. The number of nitrogens with one attached hydrogen (secondary N) is 2. The summed E-state index contributed by atoms with van der Waals surface area (Å²) < 4.78 is 39.7. The van der Waals surface area contributed by atoms with Crippen molar-refractivity contribution >= 4 is 23.1 Å². The van der Waals surface area contributed by atoms with Crippen LogP contribution >= 0.6 is 0 Å². The zero-order chi connectivity index (χ0) is 23.4. The van der Waals surface area contributed by atoms with Crippen LogP contribution in [0.5, 0.6) is 0 Å². The highest BCUT2D eigenvalue weighted by molar-refractivity contribution is 5.58. The molecular weight excluding hydrogens is 419 g/mol. The number of nitrogens with zero attached hydrogens (tertiary/aromatic N) is 3. The molecule has 0 amide bonds. The summed E-state index contributed by atoms with van der Waals surface area (Å²) in [6.07, 6.45) is 1.67. The van der Waals surface area contributed by atoms with Gasteiger partial charge in [0.2, 0.25) is 5.95 Å². The molecule has 3 N–H and O–H groups in total. The average Bonchev–Trinajstić information content (AvgIpc) is 3.11. The van der Waals surface area contributed by atoms with E-state index < -0.39 is 17.3 Å². The number of rotatable bonds is 4. The SMILES string of the molecule is CC(C)(C)O.FC(F)(F)c1ccc(Nc2nc3cccc(NC4CCCCC4)n3n2)cc1. The first-order valence-electron chi connectivity index (χ1n) is 10.8. The molecule has 1 aliphatic carbocycles. The summed E-state index contributed by atoms with van der Waals surface area (Å²) in [7, 11) is 0. The van der Waals surface area contributed by atoms with E-state index >= 15 is 0 Å². The fourth-order valence-corrected chi connectivity index (χ4v) is 3.40. The highest BCUT2D eigenvalue weighted by atomic mass is 19.4. The first-order chi connectivity index (χ1) is 15.0. The van der Waals surface area contributed by atoms with Crippen LogP contribution in [0.15, 0.2) is 42.5 Å². The molecule has 1 saturated carbocycles. The van der Waals surface area contributed by atoms with Gasteiger partial charge in [-0.3, -0.25) is 0 Å². The number of anilines is 3. The molecule has 0 bridgehead atoms. The predicted molar refractivity (Wildman–Crippen MR) is 120 cm³/mol. The van der Waals surface area contributed by atoms with E-state index in [2.05, 4.69) is 20.7 Å². The number of aliphatic hydroxyl groups is 1. The van der Waals surface area contributed by atoms with E-state index in [1.807, 2.05) is 18.2 Å². The van der Waals surface area contributed by atoms with Crippen LogP contribution < -0.4 is 10.6 Å². The minimum absolute atomic E-state index is 0.340. The first-order valence-corrected chi connectivity index (χ1v) is 10.8. The van der Waals surface area contributed by atoms with E-state index in [0.29, 0.717) is 23.3 Å². The molecule has 2 aromatic heterocycles. The van der Waals surface area contributed by atoms with Crippen molar-refractivity contribution < 1.29 is 18.3 Å². The second kappa shape index (κ2) is 9.77. The van der Waals surface area contributed by atoms with Crippen LogP contribution in [0.4, 0.5) is 30.6 Å². The lowest BCUT2D eigenvalue weighted by Gasteiger charge is -2.23. The maximum Gasteiger partial charge on any atom is 0.416 e. The molecule has 0 saturated heterocycles. The molecule has 0 atom stereocenters. The second-order valence-corrected chi connectivity index (χ2v) is 8.97. The molecule has 9 heteroatoms. The van der Waals surface area contributed by atoms with Crippen LogP contribution in [0.3, 0.4) is 0 Å². The van der Waals surface area contributed by atoms with Gasteiger partial charge in [0.1, 0.15) is 5.82 Å². The van der Waals surface area contributed by atoms with Gasteiger partial charge in [0.15, 0.2) is 5.65 Å². The van der Waals surface area contributed by atoms with E-state index in [9.17, 15) is 13.2 Å². The van der Waals surface area contributed by atoms with Crippen molar-refractivity contribution in [3.05, 3.63) is 48.0 Å². The number of hydrogen-bond acceptors (Lipinski definition) is 5. The lowest BCUT2D eigenvalue weighted by atomic mass is 9.95. The normalized spacial score (nSPS) is 15.2. The van der Waals surface area contributed by atoms with E-state index in [-0.39, 0.29) is 0 Å². The molecule has 0 radical (unpaired) electrons. The Hall–Kier alpha value is -2.81. The quantitative estimate of drug-likeness (QED) is 0.455. The Labute approximate surface area is 185 Å². The van der Waals surface area contributed by atoms with E-state index in [1.165, 1.54) is 31.4 Å². The van der Waals surface area contributed by atoms with E-state index in [4.69, 9.17) is 5.11 Å². The zero-order valence-corrected chi connectivity index (χ0v) is 18.6. The molecule has 0 spiro atoms. The highest BCUT2D eigenvalue weighted by Crippen LogP contribution is 2.30. The molecule has 3 aromatic rings. The van der Waals surface area contributed by atoms with Crippen molar-refractivity contribution in [2.45, 2.75) is 70.7 Å². The van der Waals surface area contributed by atoms with Gasteiger partial charge in [-0.05, 0) is 70.0 Å². The Kier molecular flexibility index (Phi) is 7.28. The molecule has 2 heterocycles. The minimum Gasteiger partial charge on any atom is -0.391 e. The topological polar surface area (TPSA) is 74.5 Å². The lowest BCUT2D eigenvalue weighted by Crippen LogP contribution is -2.23. The molecule has 6 nitrogen and oxygen atoms in total. The van der Waals surface area contributed by atoms with Crippen molar-refractivity contribution in [3.63, 3.8) is 0 Å². The number of hydrogen-bond donors (Lipinski definition) is 3. The molecule has 174 valence electrons. The molecular formula is C23H30F3N5O. The Morgan fingerprint density at radius 2 is 1.59 bits per heavy atom. The Balaban J connectivity index is 0.000000523. The molecule has 32 heavy (non-hydrogen) atoms. The van der Waals surface area contributed by atoms with Crippen molar-refractivity contribution in [1.29, 1.82) is 0 Å². The Morgan fingerprint density at radius 1 is 0.969 bits per heavy atom. The summed E-state index contributed by atoms with van der Waals surface area (Å²) in [6.45, 7) is 5.23. The second-order valence-electron chi connectivity index (χ2n) is 8.97. The maximum atomic E-state index is 12.7. The fraction of sp³-hybridized carbons (Fsp3) is 0.478. The van der Waals surface area contributed by atoms with Crippen LogP contribution in [0.25, 0.3) is 5.65 Å². The molecule has 4 rings (SSSR count). The van der Waals surface area contributed by atoms with Gasteiger partial charge in [-0.15, -0.1) is 5.10 Å². The van der Waals surface area contributed by atoms with Crippen LogP contribution in [0.2, 0.25) is 0 Å². The van der Waals surface area contributed by atoms with Gasteiger partial charge in [-0.25, -0.2) is 0 Å². The maximum absolute atomic E-state index is 12.7. The van der Waals surface area contributed by atoms with Gasteiger partial charge in [0.25, 0.3) is 0 Å². The van der Waals surface area contributed by atoms with Gasteiger partial charge in [0.05, 0.1) is 11.2 Å². The predicted octanol–water partition coefficient (Wildman–Crippen LogP) is 6.01. The standard InChI is InChI=1S/C19H20F3N5.C4H10O/c20-19(21,22)13-9-11-15(12-10-13)24-18-25-17-8-4-7-16(27(17)26-18)23-14-5-2-1-3-6-14;1-4(2,3)5/h4,7-12,14,23H,1-3,5-6H2,(H,24,26);5H,1-3H3. The van der Waals surface area contributed by atoms with Crippen molar-refractivity contribution in [2.24, 2.45) is 0 Å². The van der Waals surface area contributed by atoms with Gasteiger partial charge in [0, 0.05) is 11.7 Å². The van der Waals surface area contributed by atoms with Crippen molar-refractivity contribution in [1.82, 2.24) is 14.6 Å².